The van der Waals surface area contributed by atoms with E-state index in [4.69, 9.17) is 31.6 Å². The Bertz CT molecular complexity index is 1420. The van der Waals surface area contributed by atoms with Gasteiger partial charge in [0, 0.05) is 23.0 Å². The lowest BCUT2D eigenvalue weighted by atomic mass is 9.97. The summed E-state index contributed by atoms with van der Waals surface area (Å²) >= 11 is 6.03. The zero-order chi connectivity index (χ0) is 32.4. The van der Waals surface area contributed by atoms with Crippen LogP contribution >= 0.6 is 11.6 Å². The molecule has 1 amide bonds. The van der Waals surface area contributed by atoms with Crippen LogP contribution in [0.1, 0.15) is 50.2 Å². The van der Waals surface area contributed by atoms with E-state index in [0.717, 1.165) is 10.4 Å². The molecule has 3 atom stereocenters. The van der Waals surface area contributed by atoms with Crippen LogP contribution in [0.25, 0.3) is 11.1 Å². The number of aliphatic hydroxyl groups is 1. The minimum Gasteiger partial charge on any atom is -0.464 e. The van der Waals surface area contributed by atoms with Gasteiger partial charge in [0.15, 0.2) is 11.8 Å². The van der Waals surface area contributed by atoms with Crippen LogP contribution in [0.4, 0.5) is 4.39 Å². The molecule has 0 bridgehead atoms. The number of esters is 2. The number of carbonyl (C=O) groups excluding carboxylic acids is 3. The van der Waals surface area contributed by atoms with Crippen molar-refractivity contribution in [2.24, 2.45) is 17.6 Å². The number of nitrogens with zero attached hydrogens (tertiary/aromatic N) is 3. The van der Waals surface area contributed by atoms with Crippen molar-refractivity contribution in [3.8, 4) is 11.1 Å². The Morgan fingerprint density at radius 3 is 2.43 bits per heavy atom. The van der Waals surface area contributed by atoms with Crippen LogP contribution in [0.3, 0.4) is 0 Å². The molecule has 2 aromatic carbocycles. The van der Waals surface area contributed by atoms with Gasteiger partial charge in [-0.05, 0) is 52.8 Å². The third kappa shape index (κ3) is 10.3. The van der Waals surface area contributed by atoms with E-state index in [1.54, 1.807) is 38.1 Å². The number of hydrogen-bond donors (Lipinski definition) is 3. The van der Waals surface area contributed by atoms with Gasteiger partial charge in [-0.15, -0.1) is 5.10 Å². The molecule has 1 aromatic heterocycles. The van der Waals surface area contributed by atoms with Crippen molar-refractivity contribution in [2.75, 3.05) is 13.4 Å². The molecule has 3 rings (SSSR count). The Morgan fingerprint density at radius 2 is 1.77 bits per heavy atom. The first-order valence-corrected chi connectivity index (χ1v) is 14.4. The summed E-state index contributed by atoms with van der Waals surface area (Å²) in [4.78, 5) is 43.3. The van der Waals surface area contributed by atoms with Crippen LogP contribution in [0.2, 0.25) is 5.02 Å². The van der Waals surface area contributed by atoms with Gasteiger partial charge in [-0.25, -0.2) is 9.18 Å². The summed E-state index contributed by atoms with van der Waals surface area (Å²) in [6.07, 6.45) is -0.298. The smallest absolute Gasteiger partial charge is 0.335 e. The molecule has 0 saturated heterocycles. The molecule has 0 spiro atoms. The quantitative estimate of drug-likeness (QED) is 0.167. The number of hydrogen-bond acceptors (Lipinski definition) is 10. The van der Waals surface area contributed by atoms with E-state index in [0.29, 0.717) is 16.1 Å². The van der Waals surface area contributed by atoms with Gasteiger partial charge in [-0.1, -0.05) is 68.4 Å². The van der Waals surface area contributed by atoms with Gasteiger partial charge in [-0.3, -0.25) is 9.59 Å². The SMILES string of the molecule is CC(C)COC(=O)[C@H](O)C[C@@H](Cc1ccc(-c2cc(Cl)ccc2F)cc1)NC(=O)c1cn(OCOC(=O)[C@@H](N)C(C)C)nn1. The molecule has 3 aromatic rings. The number of rotatable bonds is 15. The topological polar surface area (TPSA) is 168 Å². The molecule has 1 heterocycles. The Hall–Kier alpha value is -4.07. The lowest BCUT2D eigenvalue weighted by Gasteiger charge is -2.21. The highest BCUT2D eigenvalue weighted by Crippen LogP contribution is 2.26. The van der Waals surface area contributed by atoms with Crippen molar-refractivity contribution >= 4 is 29.4 Å². The van der Waals surface area contributed by atoms with E-state index in [1.165, 1.54) is 24.4 Å². The number of nitrogens with two attached hydrogens (primary N) is 1. The standard InChI is InChI=1S/C30H37ClFN5O7/c1-17(2)15-42-29(40)26(38)13-22(11-19-5-7-20(8-6-19)23-12-21(31)9-10-24(23)32)34-28(39)25-14-37(36-35-25)44-16-43-30(41)27(33)18(3)4/h5-10,12,14,17-18,22,26-27,38H,11,13,15-16,33H2,1-4H3,(H,34,39)/t22-,26-,27+/m1/s1. The fourth-order valence-corrected chi connectivity index (χ4v) is 4.08. The van der Waals surface area contributed by atoms with Gasteiger partial charge in [0.25, 0.3) is 12.7 Å². The molecule has 0 saturated carbocycles. The van der Waals surface area contributed by atoms with Gasteiger partial charge < -0.3 is 30.5 Å². The first-order valence-electron chi connectivity index (χ1n) is 14.0. The molecular formula is C30H37ClFN5O7. The molecule has 0 aliphatic heterocycles. The number of ether oxygens (including phenoxy) is 2. The van der Waals surface area contributed by atoms with E-state index >= 15 is 0 Å². The van der Waals surface area contributed by atoms with Crippen LogP contribution in [-0.2, 0) is 25.5 Å². The van der Waals surface area contributed by atoms with Gasteiger partial charge >= 0.3 is 11.9 Å². The first-order chi connectivity index (χ1) is 20.8. The summed E-state index contributed by atoms with van der Waals surface area (Å²) in [6, 6.07) is 9.61. The first kappa shape index (κ1) is 34.4. The van der Waals surface area contributed by atoms with Gasteiger partial charge in [0.1, 0.15) is 18.1 Å². The molecular weight excluding hydrogens is 597 g/mol. The molecule has 14 heteroatoms. The number of aromatic nitrogens is 3. The van der Waals surface area contributed by atoms with E-state index < -0.39 is 48.6 Å². The summed E-state index contributed by atoms with van der Waals surface area (Å²) in [5.74, 6) is -2.61. The molecule has 0 radical (unpaired) electrons. The van der Waals surface area contributed by atoms with Crippen molar-refractivity contribution in [2.45, 2.75) is 58.7 Å². The zero-order valence-corrected chi connectivity index (χ0v) is 25.7. The minimum absolute atomic E-state index is 0.0739. The van der Waals surface area contributed by atoms with E-state index in [-0.39, 0.29) is 37.0 Å². The van der Waals surface area contributed by atoms with Crippen LogP contribution < -0.4 is 15.9 Å². The van der Waals surface area contributed by atoms with Crippen LogP contribution in [0.5, 0.6) is 0 Å². The van der Waals surface area contributed by atoms with E-state index in [2.05, 4.69) is 15.6 Å². The Balaban J connectivity index is 1.69. The summed E-state index contributed by atoms with van der Waals surface area (Å²) < 4.78 is 24.4. The second-order valence-corrected chi connectivity index (χ2v) is 11.4. The molecule has 238 valence electrons. The Labute approximate surface area is 259 Å². The predicted molar refractivity (Wildman–Crippen MR) is 159 cm³/mol. The monoisotopic (exact) mass is 633 g/mol. The summed E-state index contributed by atoms with van der Waals surface area (Å²) in [5.41, 5.74) is 7.26. The number of aliphatic hydroxyl groups excluding tert-OH is 1. The van der Waals surface area contributed by atoms with Crippen LogP contribution in [-0.4, -0.2) is 69.7 Å². The van der Waals surface area contributed by atoms with Gasteiger partial charge in [0.05, 0.1) is 6.61 Å². The van der Waals surface area contributed by atoms with Crippen molar-refractivity contribution in [1.29, 1.82) is 0 Å². The molecule has 44 heavy (non-hydrogen) atoms. The van der Waals surface area contributed by atoms with Crippen LogP contribution in [0.15, 0.2) is 48.7 Å². The maximum absolute atomic E-state index is 14.3. The third-order valence-corrected chi connectivity index (χ3v) is 6.67. The fraction of sp³-hybridized carbons (Fsp3) is 0.433. The average molecular weight is 634 g/mol. The number of carbonyl (C=O) groups is 3. The molecule has 0 fully saturated rings. The van der Waals surface area contributed by atoms with E-state index in [1.807, 2.05) is 13.8 Å². The fourth-order valence-electron chi connectivity index (χ4n) is 3.91. The van der Waals surface area contributed by atoms with E-state index in [9.17, 15) is 23.9 Å². The Kier molecular flexibility index (Phi) is 12.6. The normalized spacial score (nSPS) is 13.3. The molecule has 0 aliphatic carbocycles. The maximum Gasteiger partial charge on any atom is 0.335 e. The second kappa shape index (κ2) is 16.1. The zero-order valence-electron chi connectivity index (χ0n) is 24.9. The highest BCUT2D eigenvalue weighted by molar-refractivity contribution is 6.30. The average Bonchev–Trinajstić information content (AvgIpc) is 3.46. The molecule has 12 nitrogen and oxygen atoms in total. The number of benzene rings is 2. The van der Waals surface area contributed by atoms with Gasteiger partial charge in [0.2, 0.25) is 0 Å². The summed E-state index contributed by atoms with van der Waals surface area (Å²) in [5, 5.41) is 21.2. The molecule has 0 aliphatic rings. The highest BCUT2D eigenvalue weighted by atomic mass is 35.5. The largest absolute Gasteiger partial charge is 0.464 e. The molecule has 0 unspecified atom stereocenters. The van der Waals surface area contributed by atoms with Gasteiger partial charge in [-0.2, -0.15) is 0 Å². The number of amides is 1. The van der Waals surface area contributed by atoms with Crippen molar-refractivity contribution in [1.82, 2.24) is 20.5 Å². The lowest BCUT2D eigenvalue weighted by Crippen LogP contribution is -2.41. The number of halogens is 2. The summed E-state index contributed by atoms with van der Waals surface area (Å²) in [7, 11) is 0. The van der Waals surface area contributed by atoms with Crippen molar-refractivity contribution in [3.63, 3.8) is 0 Å². The molecule has 4 N–H and O–H groups in total. The minimum atomic E-state index is -1.51. The third-order valence-electron chi connectivity index (χ3n) is 6.43. The highest BCUT2D eigenvalue weighted by Gasteiger charge is 2.26. The predicted octanol–water partition coefficient (Wildman–Crippen LogP) is 2.94. The van der Waals surface area contributed by atoms with Crippen LogP contribution in [0, 0.1) is 17.7 Å². The number of nitrogens with one attached hydrogen (secondary N) is 1. The lowest BCUT2D eigenvalue weighted by molar-refractivity contribution is -0.160. The maximum atomic E-state index is 14.3. The summed E-state index contributed by atoms with van der Waals surface area (Å²) in [6.45, 7) is 6.90. The Morgan fingerprint density at radius 1 is 1.07 bits per heavy atom. The van der Waals surface area contributed by atoms with Crippen molar-refractivity contribution in [3.05, 3.63) is 70.8 Å². The second-order valence-electron chi connectivity index (χ2n) is 11.0. The van der Waals surface area contributed by atoms with Crippen molar-refractivity contribution < 1.29 is 38.2 Å².